The lowest BCUT2D eigenvalue weighted by Gasteiger charge is -2.46. The van der Waals surface area contributed by atoms with Gasteiger partial charge in [0.05, 0.1) is 32.0 Å². The van der Waals surface area contributed by atoms with Crippen LogP contribution >= 0.6 is 0 Å². The summed E-state index contributed by atoms with van der Waals surface area (Å²) in [6, 6.07) is -0.917. The molecular weight excluding hydrogens is 955 g/mol. The summed E-state index contributed by atoms with van der Waals surface area (Å²) < 4.78 is 22.8. The fourth-order valence-electron chi connectivity index (χ4n) is 10.3. The number of nitrogens with one attached hydrogen (secondary N) is 1. The number of hydrogen-bond acceptors (Lipinski definition) is 13. The highest BCUT2D eigenvalue weighted by atomic mass is 16.7. The van der Waals surface area contributed by atoms with E-state index in [4.69, 9.17) is 18.9 Å². The third kappa shape index (κ3) is 33.0. The van der Waals surface area contributed by atoms with Gasteiger partial charge in [0.15, 0.2) is 12.6 Å². The summed E-state index contributed by atoms with van der Waals surface area (Å²) in [4.78, 5) is 13.2. The normalized spacial score (nSPS) is 25.1. The quantitative estimate of drug-likeness (QED) is 0.0204. The fourth-order valence-corrected chi connectivity index (χ4v) is 10.3. The van der Waals surface area contributed by atoms with Crippen molar-refractivity contribution in [2.45, 2.75) is 338 Å². The van der Waals surface area contributed by atoms with Crippen LogP contribution in [0.3, 0.4) is 0 Å². The number of unbranched alkanes of at least 4 members (excludes halogenated alkanes) is 35. The number of aliphatic hydroxyl groups excluding tert-OH is 8. The minimum absolute atomic E-state index is 0.245. The van der Waals surface area contributed by atoms with Crippen LogP contribution in [0.1, 0.15) is 264 Å². The standard InChI is InChI=1S/C61H115NO13/c1-3-5-7-9-11-13-15-17-19-20-21-22-23-24-25-26-27-28-29-31-32-34-36-38-40-42-44-50(65)49(62-53(66)45-43-41-39-37-35-33-30-18-16-14-12-10-8-6-4-2)48-72-60-58(71)56(69)59(52(47-64)74-60)75-61-57(70)55(68)54(67)51(46-63)73-61/h18,30,42,44,49-52,54-61,63-65,67-71H,3-17,19-29,31-41,43,45-48H2,1-2H3,(H,62,66)/b30-18-,44-42+. The summed E-state index contributed by atoms with van der Waals surface area (Å²) in [6.45, 7) is 2.81. The number of amides is 1. The number of carbonyl (C=O) groups excluding carboxylic acids is 1. The van der Waals surface area contributed by atoms with Gasteiger partial charge < -0.3 is 65.1 Å². The van der Waals surface area contributed by atoms with E-state index >= 15 is 0 Å². The highest BCUT2D eigenvalue weighted by Crippen LogP contribution is 2.30. The Morgan fingerprint density at radius 2 is 0.840 bits per heavy atom. The summed E-state index contributed by atoms with van der Waals surface area (Å²) in [5.41, 5.74) is 0. The van der Waals surface area contributed by atoms with Crippen LogP contribution in [0.2, 0.25) is 0 Å². The third-order valence-electron chi connectivity index (χ3n) is 15.4. The zero-order valence-corrected chi connectivity index (χ0v) is 47.6. The van der Waals surface area contributed by atoms with E-state index in [0.29, 0.717) is 6.42 Å². The van der Waals surface area contributed by atoms with E-state index < -0.39 is 86.8 Å². The second-order valence-corrected chi connectivity index (χ2v) is 22.2. The van der Waals surface area contributed by atoms with Crippen LogP contribution in [-0.2, 0) is 23.7 Å². The van der Waals surface area contributed by atoms with E-state index in [1.54, 1.807) is 6.08 Å². The molecule has 14 heteroatoms. The first-order valence-corrected chi connectivity index (χ1v) is 31.1. The molecule has 2 heterocycles. The fraction of sp³-hybridized carbons (Fsp3) is 0.918. The second kappa shape index (κ2) is 47.3. The van der Waals surface area contributed by atoms with Crippen LogP contribution in [0.5, 0.6) is 0 Å². The van der Waals surface area contributed by atoms with Gasteiger partial charge in [-0.05, 0) is 44.9 Å². The average Bonchev–Trinajstić information content (AvgIpc) is 3.41. The van der Waals surface area contributed by atoms with Gasteiger partial charge in [0.25, 0.3) is 0 Å². The SMILES string of the molecule is CCCCCCCC/C=C\CCCCCCCC(=O)NC(COC1OC(CO)C(OC2OC(CO)C(O)C(O)C2O)C(O)C1O)C(O)/C=C/CCCCCCCCCCCCCCCCCCCCCCCCCC. The molecule has 2 aliphatic rings. The second-order valence-electron chi connectivity index (χ2n) is 22.2. The molecule has 2 aliphatic heterocycles. The van der Waals surface area contributed by atoms with Gasteiger partial charge in [-0.3, -0.25) is 4.79 Å². The molecule has 2 rings (SSSR count). The first-order valence-electron chi connectivity index (χ1n) is 31.1. The molecule has 0 bridgehead atoms. The molecule has 0 aromatic rings. The van der Waals surface area contributed by atoms with E-state index in [1.807, 2.05) is 6.08 Å². The van der Waals surface area contributed by atoms with Crippen LogP contribution in [0.25, 0.3) is 0 Å². The topological polar surface area (TPSA) is 228 Å². The Kier molecular flexibility index (Phi) is 43.9. The summed E-state index contributed by atoms with van der Waals surface area (Å²) in [6.07, 6.45) is 39.4. The highest BCUT2D eigenvalue weighted by molar-refractivity contribution is 5.76. The molecule has 2 saturated heterocycles. The molecule has 12 unspecified atom stereocenters. The maximum absolute atomic E-state index is 13.2. The Labute approximate surface area is 456 Å². The molecule has 1 amide bonds. The van der Waals surface area contributed by atoms with Gasteiger partial charge in [0.1, 0.15) is 48.8 Å². The molecule has 0 aromatic carbocycles. The highest BCUT2D eigenvalue weighted by Gasteiger charge is 2.51. The minimum atomic E-state index is -1.79. The van der Waals surface area contributed by atoms with Crippen molar-refractivity contribution >= 4 is 5.91 Å². The summed E-state index contributed by atoms with van der Waals surface area (Å²) in [5.74, 6) is -0.245. The van der Waals surface area contributed by atoms with E-state index in [0.717, 1.165) is 57.8 Å². The van der Waals surface area contributed by atoms with Crippen molar-refractivity contribution in [3.8, 4) is 0 Å². The Hall–Kier alpha value is -1.53. The largest absolute Gasteiger partial charge is 0.394 e. The van der Waals surface area contributed by atoms with Gasteiger partial charge in [0.2, 0.25) is 5.91 Å². The molecule has 0 spiro atoms. The van der Waals surface area contributed by atoms with Gasteiger partial charge in [-0.2, -0.15) is 0 Å². The van der Waals surface area contributed by atoms with Crippen LogP contribution in [-0.4, -0.2) is 140 Å². The van der Waals surface area contributed by atoms with Crippen LogP contribution in [0.15, 0.2) is 24.3 Å². The molecule has 0 aliphatic carbocycles. The molecule has 0 radical (unpaired) electrons. The zero-order valence-electron chi connectivity index (χ0n) is 47.6. The lowest BCUT2D eigenvalue weighted by Crippen LogP contribution is -2.65. The van der Waals surface area contributed by atoms with Crippen molar-refractivity contribution in [1.82, 2.24) is 5.32 Å². The molecule has 0 aromatic heterocycles. The van der Waals surface area contributed by atoms with E-state index in [1.165, 1.54) is 180 Å². The number of aliphatic hydroxyl groups is 8. The Morgan fingerprint density at radius 1 is 0.467 bits per heavy atom. The first kappa shape index (κ1) is 69.6. The maximum atomic E-state index is 13.2. The molecule has 0 saturated carbocycles. The Balaban J connectivity index is 1.73. The van der Waals surface area contributed by atoms with Crippen molar-refractivity contribution in [3.63, 3.8) is 0 Å². The molecule has 442 valence electrons. The van der Waals surface area contributed by atoms with Crippen LogP contribution < -0.4 is 5.32 Å². The maximum Gasteiger partial charge on any atom is 0.220 e. The number of rotatable bonds is 50. The number of ether oxygens (including phenoxy) is 4. The number of hydrogen-bond donors (Lipinski definition) is 9. The van der Waals surface area contributed by atoms with E-state index in [-0.39, 0.29) is 18.9 Å². The average molecular weight is 1070 g/mol. The van der Waals surface area contributed by atoms with Gasteiger partial charge in [-0.25, -0.2) is 0 Å². The predicted octanol–water partition coefficient (Wildman–Crippen LogP) is 10.8. The summed E-state index contributed by atoms with van der Waals surface area (Å²) >= 11 is 0. The van der Waals surface area contributed by atoms with Crippen molar-refractivity contribution < 1.29 is 64.6 Å². The van der Waals surface area contributed by atoms with Gasteiger partial charge in [0, 0.05) is 6.42 Å². The molecule has 2 fully saturated rings. The Bertz CT molecular complexity index is 1350. The van der Waals surface area contributed by atoms with E-state index in [2.05, 4.69) is 31.3 Å². The van der Waals surface area contributed by atoms with Crippen LogP contribution in [0, 0.1) is 0 Å². The molecule has 75 heavy (non-hydrogen) atoms. The summed E-state index contributed by atoms with van der Waals surface area (Å²) in [5, 5.41) is 87.1. The first-order chi connectivity index (χ1) is 36.6. The summed E-state index contributed by atoms with van der Waals surface area (Å²) in [7, 11) is 0. The van der Waals surface area contributed by atoms with Gasteiger partial charge in [-0.15, -0.1) is 0 Å². The van der Waals surface area contributed by atoms with Crippen molar-refractivity contribution in [2.75, 3.05) is 19.8 Å². The minimum Gasteiger partial charge on any atom is -0.394 e. The molecule has 12 atom stereocenters. The van der Waals surface area contributed by atoms with Crippen LogP contribution in [0.4, 0.5) is 0 Å². The lowest BCUT2D eigenvalue weighted by atomic mass is 9.97. The van der Waals surface area contributed by atoms with E-state index in [9.17, 15) is 45.6 Å². The van der Waals surface area contributed by atoms with Crippen molar-refractivity contribution in [1.29, 1.82) is 0 Å². The predicted molar refractivity (Wildman–Crippen MR) is 300 cm³/mol. The van der Waals surface area contributed by atoms with Crippen molar-refractivity contribution in [2.24, 2.45) is 0 Å². The molecule has 9 N–H and O–H groups in total. The third-order valence-corrected chi connectivity index (χ3v) is 15.4. The van der Waals surface area contributed by atoms with Crippen molar-refractivity contribution in [3.05, 3.63) is 24.3 Å². The number of allylic oxidation sites excluding steroid dienone is 3. The molecule has 14 nitrogen and oxygen atoms in total. The van der Waals surface area contributed by atoms with Gasteiger partial charge in [-0.1, -0.05) is 237 Å². The zero-order chi connectivity index (χ0) is 54.6. The number of carbonyl (C=O) groups is 1. The van der Waals surface area contributed by atoms with Gasteiger partial charge >= 0.3 is 0 Å². The Morgan fingerprint density at radius 3 is 1.27 bits per heavy atom. The molecular formula is C61H115NO13. The monoisotopic (exact) mass is 1070 g/mol. The smallest absolute Gasteiger partial charge is 0.220 e. The lowest BCUT2D eigenvalue weighted by molar-refractivity contribution is -0.359.